The van der Waals surface area contributed by atoms with Gasteiger partial charge in [-0.15, -0.1) is 0 Å². The number of Topliss-reactive ketones (excluding diaryl/α,β-unsaturated/α-hetero) is 1. The van der Waals surface area contributed by atoms with E-state index in [1.807, 2.05) is 6.92 Å². The van der Waals surface area contributed by atoms with Gasteiger partial charge in [0.1, 0.15) is 40.4 Å². The van der Waals surface area contributed by atoms with Crippen molar-refractivity contribution >= 4 is 5.78 Å². The van der Waals surface area contributed by atoms with Crippen molar-refractivity contribution in [1.29, 1.82) is 0 Å². The number of hydrogen-bond acceptors (Lipinski definition) is 7. The summed E-state index contributed by atoms with van der Waals surface area (Å²) in [6, 6.07) is 5.26. The first-order valence-electron chi connectivity index (χ1n) is 8.39. The largest absolute Gasteiger partial charge is 0.508 e. The van der Waals surface area contributed by atoms with Gasteiger partial charge in [-0.1, -0.05) is 6.58 Å². The molecule has 2 aliphatic rings. The fraction of sp³-hybridized carbons (Fsp3) is 0.250. The minimum absolute atomic E-state index is 0.0568. The summed E-state index contributed by atoms with van der Waals surface area (Å²) in [6.07, 6.45) is -2.76. The Morgan fingerprint density at radius 3 is 2.56 bits per heavy atom. The van der Waals surface area contributed by atoms with Crippen molar-refractivity contribution in [2.24, 2.45) is 0 Å². The van der Waals surface area contributed by atoms with Crippen molar-refractivity contribution < 1.29 is 34.7 Å². The van der Waals surface area contributed by atoms with Crippen molar-refractivity contribution in [3.05, 3.63) is 53.1 Å². The van der Waals surface area contributed by atoms with Crippen LogP contribution >= 0.6 is 0 Å². The summed E-state index contributed by atoms with van der Waals surface area (Å²) >= 11 is 0. The lowest BCUT2D eigenvalue weighted by Crippen LogP contribution is -2.36. The van der Waals surface area contributed by atoms with E-state index in [1.54, 1.807) is 0 Å². The maximum atomic E-state index is 12.7. The van der Waals surface area contributed by atoms with Gasteiger partial charge in [0.15, 0.2) is 12.2 Å². The Labute approximate surface area is 154 Å². The van der Waals surface area contributed by atoms with Crippen LogP contribution in [0.3, 0.4) is 0 Å². The third kappa shape index (κ3) is 2.59. The number of aliphatic hydroxyl groups is 1. The molecule has 0 saturated carbocycles. The highest BCUT2D eigenvalue weighted by molar-refractivity contribution is 6.06. The van der Waals surface area contributed by atoms with E-state index in [2.05, 4.69) is 6.58 Å². The van der Waals surface area contributed by atoms with Gasteiger partial charge in [0.05, 0.1) is 0 Å². The molecule has 2 aliphatic heterocycles. The Balaban J connectivity index is 1.79. The van der Waals surface area contributed by atoms with E-state index in [-0.39, 0.29) is 40.2 Å². The number of benzene rings is 2. The molecule has 0 spiro atoms. The molecule has 0 aromatic heterocycles. The lowest BCUT2D eigenvalue weighted by atomic mass is 9.90. The number of ether oxygens (including phenoxy) is 2. The van der Waals surface area contributed by atoms with Gasteiger partial charge in [0, 0.05) is 29.7 Å². The van der Waals surface area contributed by atoms with E-state index in [9.17, 15) is 25.2 Å². The van der Waals surface area contributed by atoms with Gasteiger partial charge in [-0.25, -0.2) is 0 Å². The quantitative estimate of drug-likeness (QED) is 0.600. The molecule has 2 aromatic carbocycles. The number of rotatable bonds is 2. The van der Waals surface area contributed by atoms with Crippen molar-refractivity contribution in [3.63, 3.8) is 0 Å². The summed E-state index contributed by atoms with van der Waals surface area (Å²) in [4.78, 5) is 12.7. The molecule has 0 amide bonds. The van der Waals surface area contributed by atoms with Crippen LogP contribution in [0, 0.1) is 0 Å². The predicted molar refractivity (Wildman–Crippen MR) is 94.5 cm³/mol. The molecule has 3 atom stereocenters. The summed E-state index contributed by atoms with van der Waals surface area (Å²) in [7, 11) is 0. The zero-order valence-corrected chi connectivity index (χ0v) is 14.5. The number of phenols is 3. The second-order valence-corrected chi connectivity index (χ2v) is 6.82. The van der Waals surface area contributed by atoms with Crippen LogP contribution in [0.15, 0.2) is 36.4 Å². The number of carbonyl (C=O) groups is 1. The summed E-state index contributed by atoms with van der Waals surface area (Å²) in [6.45, 7) is 5.66. The molecular weight excluding hydrogens is 352 g/mol. The molecule has 0 bridgehead atoms. The van der Waals surface area contributed by atoms with E-state index < -0.39 is 18.0 Å². The van der Waals surface area contributed by atoms with E-state index in [0.717, 1.165) is 11.6 Å². The molecular formula is C20H18O7. The molecule has 0 radical (unpaired) electrons. The van der Waals surface area contributed by atoms with Crippen LogP contribution in [-0.2, 0) is 6.42 Å². The number of carbonyl (C=O) groups excluding carboxylic acids is 1. The smallest absolute Gasteiger partial charge is 0.202 e. The summed E-state index contributed by atoms with van der Waals surface area (Å²) in [5, 5.41) is 40.5. The first-order chi connectivity index (χ1) is 12.8. The molecule has 27 heavy (non-hydrogen) atoms. The normalized spacial score (nSPS) is 23.2. The molecule has 7 nitrogen and oxygen atoms in total. The van der Waals surface area contributed by atoms with Gasteiger partial charge in [-0.05, 0) is 24.6 Å². The molecule has 140 valence electrons. The summed E-state index contributed by atoms with van der Waals surface area (Å²) in [5.74, 6) is -1.03. The van der Waals surface area contributed by atoms with Crippen LogP contribution in [0.1, 0.15) is 34.5 Å². The lowest BCUT2D eigenvalue weighted by molar-refractivity contribution is 0.0203. The third-order valence-corrected chi connectivity index (χ3v) is 4.91. The first kappa shape index (κ1) is 17.2. The van der Waals surface area contributed by atoms with Gasteiger partial charge in [-0.3, -0.25) is 4.79 Å². The second-order valence-electron chi connectivity index (χ2n) is 6.82. The third-order valence-electron chi connectivity index (χ3n) is 4.91. The highest BCUT2D eigenvalue weighted by atomic mass is 16.5. The van der Waals surface area contributed by atoms with E-state index in [0.29, 0.717) is 17.7 Å². The molecule has 0 saturated heterocycles. The first-order valence-corrected chi connectivity index (χ1v) is 8.39. The molecule has 0 fully saturated rings. The SMILES string of the molecule is C=C(C)C1Cc2c(cc3c(c2O)C(=O)C(O)C(c2ccc(O)cc2O)O3)O1. The summed E-state index contributed by atoms with van der Waals surface area (Å²) < 4.78 is 11.5. The molecule has 7 heteroatoms. The van der Waals surface area contributed by atoms with Crippen molar-refractivity contribution in [2.45, 2.75) is 31.7 Å². The Bertz CT molecular complexity index is 979. The fourth-order valence-corrected chi connectivity index (χ4v) is 3.44. The summed E-state index contributed by atoms with van der Waals surface area (Å²) in [5.41, 5.74) is 1.28. The number of ketones is 1. The van der Waals surface area contributed by atoms with Gasteiger partial charge >= 0.3 is 0 Å². The van der Waals surface area contributed by atoms with Crippen LogP contribution in [-0.4, -0.2) is 38.4 Å². The lowest BCUT2D eigenvalue weighted by Gasteiger charge is -2.30. The number of aliphatic hydroxyl groups excluding tert-OH is 1. The van der Waals surface area contributed by atoms with Crippen LogP contribution in [0.2, 0.25) is 0 Å². The standard InChI is InChI=1S/C20H18O7/c1-8(2)13-6-11-14(26-13)7-15-16(17(11)23)18(24)19(25)20(27-15)10-4-3-9(21)5-12(10)22/h3-5,7,13,19-23,25H,1,6H2,2H3. The van der Waals surface area contributed by atoms with Gasteiger partial charge < -0.3 is 29.9 Å². The maximum Gasteiger partial charge on any atom is 0.202 e. The van der Waals surface area contributed by atoms with Gasteiger partial charge in [0.2, 0.25) is 5.78 Å². The minimum Gasteiger partial charge on any atom is -0.508 e. The van der Waals surface area contributed by atoms with Crippen LogP contribution in [0.5, 0.6) is 28.7 Å². The van der Waals surface area contributed by atoms with Crippen molar-refractivity contribution in [2.75, 3.05) is 0 Å². The van der Waals surface area contributed by atoms with Crippen LogP contribution < -0.4 is 9.47 Å². The van der Waals surface area contributed by atoms with Gasteiger partial charge in [-0.2, -0.15) is 0 Å². The highest BCUT2D eigenvalue weighted by Gasteiger charge is 2.42. The molecule has 0 aliphatic carbocycles. The van der Waals surface area contributed by atoms with E-state index >= 15 is 0 Å². The number of aromatic hydroxyl groups is 3. The van der Waals surface area contributed by atoms with E-state index in [1.165, 1.54) is 18.2 Å². The Hall–Kier alpha value is -3.19. The second kappa shape index (κ2) is 5.92. The molecule has 3 unspecified atom stereocenters. The van der Waals surface area contributed by atoms with Crippen molar-refractivity contribution in [3.8, 4) is 28.7 Å². The zero-order chi connectivity index (χ0) is 19.5. The Morgan fingerprint density at radius 2 is 1.89 bits per heavy atom. The maximum absolute atomic E-state index is 12.7. The molecule has 2 aromatic rings. The fourth-order valence-electron chi connectivity index (χ4n) is 3.44. The monoisotopic (exact) mass is 370 g/mol. The molecule has 4 N–H and O–H groups in total. The number of fused-ring (bicyclic) bond motifs is 2. The Morgan fingerprint density at radius 1 is 1.15 bits per heavy atom. The van der Waals surface area contributed by atoms with Gasteiger partial charge in [0.25, 0.3) is 0 Å². The number of phenolic OH excluding ortho intramolecular Hbond substituents is 3. The van der Waals surface area contributed by atoms with Crippen LogP contribution in [0.25, 0.3) is 0 Å². The Kier molecular flexibility index (Phi) is 3.78. The van der Waals surface area contributed by atoms with Crippen molar-refractivity contribution in [1.82, 2.24) is 0 Å². The molecule has 4 rings (SSSR count). The highest BCUT2D eigenvalue weighted by Crippen LogP contribution is 2.48. The number of hydrogen-bond donors (Lipinski definition) is 4. The average Bonchev–Trinajstić information content (AvgIpc) is 3.03. The van der Waals surface area contributed by atoms with Crippen LogP contribution in [0.4, 0.5) is 0 Å². The predicted octanol–water partition coefficient (Wildman–Crippen LogP) is 2.36. The van der Waals surface area contributed by atoms with E-state index in [4.69, 9.17) is 9.47 Å². The molecule has 2 heterocycles. The zero-order valence-electron chi connectivity index (χ0n) is 14.5. The topological polar surface area (TPSA) is 116 Å². The minimum atomic E-state index is -1.63. The average molecular weight is 370 g/mol.